The summed E-state index contributed by atoms with van der Waals surface area (Å²) in [5, 5.41) is 0. The lowest BCUT2D eigenvalue weighted by atomic mass is 9.38. The molecule has 1 aliphatic heterocycles. The largest absolute Gasteiger partial charge is 0.472 e. The van der Waals surface area contributed by atoms with Crippen LogP contribution in [0.1, 0.15) is 92.2 Å². The van der Waals surface area contributed by atoms with E-state index in [0.29, 0.717) is 12.8 Å². The Bertz CT molecular complexity index is 1410. The quantitative estimate of drug-likeness (QED) is 0.248. The smallest absolute Gasteiger partial charge is 0.310 e. The van der Waals surface area contributed by atoms with Crippen molar-refractivity contribution in [3.05, 3.63) is 35.3 Å². The molecule has 1 aromatic heterocycles. The number of carbonyl (C=O) groups excluding carboxylic acids is 5. The maximum absolute atomic E-state index is 13.2. The Morgan fingerprint density at radius 1 is 0.977 bits per heavy atom. The Kier molecular flexibility index (Phi) is 7.78. The standard InChI is InChI=1S/C33H42O11/c1-17(34)41-28-30(4,5)24(14-25(37)39-8)32(7)22-9-11-31(6)23(13-26(38)43-27(31)20-10-12-40-16-20)21(22)15-33(28,44-19(3)36)29(32)42-18(2)35/h10,12,16,22,24,27-29H,9,11,13-15H2,1-8H3/t22?,24-,27-,28+,29?,31+,32+,33+/m0/s1. The van der Waals surface area contributed by atoms with E-state index in [1.54, 1.807) is 12.3 Å². The Hall–Kier alpha value is -3.63. The van der Waals surface area contributed by atoms with Crippen LogP contribution in [0, 0.1) is 28.1 Å². The summed E-state index contributed by atoms with van der Waals surface area (Å²) in [5.41, 5.74) is -1.78. The summed E-state index contributed by atoms with van der Waals surface area (Å²) in [6.45, 7) is 11.6. The van der Waals surface area contributed by atoms with Gasteiger partial charge in [-0.2, -0.15) is 0 Å². The molecule has 5 rings (SSSR count). The summed E-state index contributed by atoms with van der Waals surface area (Å²) >= 11 is 0. The third-order valence-electron chi connectivity index (χ3n) is 10.9. The highest BCUT2D eigenvalue weighted by Gasteiger charge is 2.77. The molecule has 0 spiro atoms. The van der Waals surface area contributed by atoms with E-state index in [4.69, 9.17) is 28.1 Å². The van der Waals surface area contributed by atoms with E-state index in [0.717, 1.165) is 16.7 Å². The average molecular weight is 615 g/mol. The van der Waals surface area contributed by atoms with E-state index in [-0.39, 0.29) is 25.2 Å². The second-order valence-corrected chi connectivity index (χ2v) is 13.8. The molecule has 4 aliphatic rings. The highest BCUT2D eigenvalue weighted by Crippen LogP contribution is 2.71. The van der Waals surface area contributed by atoms with Gasteiger partial charge in [0.25, 0.3) is 0 Å². The molecular weight excluding hydrogens is 572 g/mol. The molecule has 2 saturated carbocycles. The molecular formula is C33H42O11. The van der Waals surface area contributed by atoms with Crippen LogP contribution in [0.3, 0.4) is 0 Å². The fourth-order valence-electron chi connectivity index (χ4n) is 9.50. The lowest BCUT2D eigenvalue weighted by Crippen LogP contribution is -2.78. The van der Waals surface area contributed by atoms with Crippen LogP contribution in [0.4, 0.5) is 0 Å². The lowest BCUT2D eigenvalue weighted by molar-refractivity contribution is -0.309. The van der Waals surface area contributed by atoms with Gasteiger partial charge in [-0.3, -0.25) is 24.0 Å². The monoisotopic (exact) mass is 614 g/mol. The van der Waals surface area contributed by atoms with Crippen LogP contribution in [-0.4, -0.2) is 54.8 Å². The van der Waals surface area contributed by atoms with Gasteiger partial charge in [-0.15, -0.1) is 0 Å². The molecule has 1 aromatic rings. The van der Waals surface area contributed by atoms with Gasteiger partial charge in [-0.25, -0.2) is 0 Å². The first-order valence-electron chi connectivity index (χ1n) is 15.1. The van der Waals surface area contributed by atoms with Crippen molar-refractivity contribution >= 4 is 29.8 Å². The van der Waals surface area contributed by atoms with E-state index in [9.17, 15) is 24.0 Å². The molecule has 240 valence electrons. The maximum Gasteiger partial charge on any atom is 0.310 e. The normalized spacial score (nSPS) is 37.1. The molecule has 8 atom stereocenters. The fraction of sp³-hybridized carbons (Fsp3) is 0.667. The summed E-state index contributed by atoms with van der Waals surface area (Å²) in [7, 11) is 1.31. The fourth-order valence-corrected chi connectivity index (χ4v) is 9.50. The van der Waals surface area contributed by atoms with Gasteiger partial charge in [0.2, 0.25) is 0 Å². The lowest BCUT2D eigenvalue weighted by Gasteiger charge is -2.70. The van der Waals surface area contributed by atoms with Crippen LogP contribution in [0.25, 0.3) is 0 Å². The van der Waals surface area contributed by atoms with E-state index in [1.165, 1.54) is 34.1 Å². The number of furan rings is 1. The topological polar surface area (TPSA) is 145 Å². The predicted molar refractivity (Wildman–Crippen MR) is 152 cm³/mol. The Balaban J connectivity index is 1.84. The summed E-state index contributed by atoms with van der Waals surface area (Å²) in [6, 6.07) is 1.78. The van der Waals surface area contributed by atoms with Gasteiger partial charge in [-0.1, -0.05) is 33.3 Å². The summed E-state index contributed by atoms with van der Waals surface area (Å²) in [5.74, 6) is -3.59. The molecule has 3 aliphatic carbocycles. The first-order valence-corrected chi connectivity index (χ1v) is 15.1. The molecule has 11 heteroatoms. The number of methoxy groups -OCH3 is 1. The zero-order valence-corrected chi connectivity index (χ0v) is 26.6. The number of hydrogen-bond acceptors (Lipinski definition) is 11. The van der Waals surface area contributed by atoms with Gasteiger partial charge in [-0.05, 0) is 36.3 Å². The van der Waals surface area contributed by atoms with E-state index in [2.05, 4.69) is 6.92 Å². The molecule has 2 bridgehead atoms. The zero-order valence-electron chi connectivity index (χ0n) is 26.6. The molecule has 0 N–H and O–H groups in total. The number of fused-ring (bicyclic) bond motifs is 5. The van der Waals surface area contributed by atoms with Crippen molar-refractivity contribution in [1.29, 1.82) is 0 Å². The molecule has 2 unspecified atom stereocenters. The maximum atomic E-state index is 13.2. The van der Waals surface area contributed by atoms with E-state index in [1.807, 2.05) is 20.8 Å². The number of hydrogen-bond donors (Lipinski definition) is 0. The number of rotatable bonds is 6. The van der Waals surface area contributed by atoms with Gasteiger partial charge in [0.1, 0.15) is 6.10 Å². The second kappa shape index (κ2) is 10.8. The number of ether oxygens (including phenoxy) is 5. The van der Waals surface area contributed by atoms with Crippen molar-refractivity contribution in [3.63, 3.8) is 0 Å². The van der Waals surface area contributed by atoms with E-state index >= 15 is 0 Å². The average Bonchev–Trinajstić information content (AvgIpc) is 3.46. The highest BCUT2D eigenvalue weighted by molar-refractivity contribution is 5.76. The van der Waals surface area contributed by atoms with E-state index < -0.39 is 75.9 Å². The SMILES string of the molecule is COC(=O)C[C@H]1C(C)(C)[C@@H](OC(C)=O)[C@]2(OC(C)=O)CC3=C4CC(=O)O[C@@H](c5ccoc5)[C@]4(C)CCC3[C@@]1(C)C2OC(C)=O. The van der Waals surface area contributed by atoms with Crippen LogP contribution >= 0.6 is 0 Å². The van der Waals surface area contributed by atoms with Crippen LogP contribution in [0.5, 0.6) is 0 Å². The van der Waals surface area contributed by atoms with Crippen molar-refractivity contribution in [3.8, 4) is 0 Å². The van der Waals surface area contributed by atoms with Gasteiger partial charge in [0.15, 0.2) is 17.8 Å². The predicted octanol–water partition coefficient (Wildman–Crippen LogP) is 4.77. The molecule has 2 heterocycles. The van der Waals surface area contributed by atoms with Gasteiger partial charge < -0.3 is 28.1 Å². The molecule has 11 nitrogen and oxygen atoms in total. The molecule has 0 amide bonds. The zero-order chi connectivity index (χ0) is 32.4. The summed E-state index contributed by atoms with van der Waals surface area (Å²) in [4.78, 5) is 64.8. The molecule has 3 fully saturated rings. The van der Waals surface area contributed by atoms with Gasteiger partial charge in [0.05, 0.1) is 26.1 Å². The Labute approximate surface area is 256 Å². The van der Waals surface area contributed by atoms with Crippen molar-refractivity contribution in [2.24, 2.45) is 28.1 Å². The van der Waals surface area contributed by atoms with Crippen molar-refractivity contribution in [1.82, 2.24) is 0 Å². The number of esters is 5. The van der Waals surface area contributed by atoms with Gasteiger partial charge >= 0.3 is 29.8 Å². The third kappa shape index (κ3) is 4.65. The summed E-state index contributed by atoms with van der Waals surface area (Å²) < 4.78 is 34.9. The molecule has 0 radical (unpaired) electrons. The van der Waals surface area contributed by atoms with Crippen molar-refractivity contribution in [2.75, 3.05) is 7.11 Å². The van der Waals surface area contributed by atoms with Crippen LogP contribution in [0.15, 0.2) is 34.2 Å². The minimum Gasteiger partial charge on any atom is -0.472 e. The molecule has 1 saturated heterocycles. The summed E-state index contributed by atoms with van der Waals surface area (Å²) in [6.07, 6.45) is 1.55. The molecule has 44 heavy (non-hydrogen) atoms. The Morgan fingerprint density at radius 2 is 1.64 bits per heavy atom. The number of carbonyl (C=O) groups is 5. The third-order valence-corrected chi connectivity index (χ3v) is 10.9. The number of cyclic esters (lactones) is 1. The minimum absolute atomic E-state index is 0.0183. The first-order chi connectivity index (χ1) is 20.5. The van der Waals surface area contributed by atoms with Crippen molar-refractivity contribution < 1.29 is 52.1 Å². The Morgan fingerprint density at radius 3 is 2.20 bits per heavy atom. The van der Waals surface area contributed by atoms with Crippen LogP contribution in [0.2, 0.25) is 0 Å². The van der Waals surface area contributed by atoms with Crippen LogP contribution in [-0.2, 0) is 47.7 Å². The minimum atomic E-state index is -1.66. The van der Waals surface area contributed by atoms with Crippen molar-refractivity contribution in [2.45, 2.75) is 104 Å². The molecule has 0 aromatic carbocycles. The van der Waals surface area contributed by atoms with Crippen LogP contribution < -0.4 is 0 Å². The highest BCUT2D eigenvalue weighted by atomic mass is 16.6. The van der Waals surface area contributed by atoms with Gasteiger partial charge in [0, 0.05) is 55.4 Å². The second-order valence-electron chi connectivity index (χ2n) is 13.8. The first kappa shape index (κ1) is 31.8.